The molecule has 1 rings (SSSR count). The highest BCUT2D eigenvalue weighted by Crippen LogP contribution is 2.07. The van der Waals surface area contributed by atoms with Gasteiger partial charge in [0, 0.05) is 13.1 Å². The van der Waals surface area contributed by atoms with Gasteiger partial charge in [-0.3, -0.25) is 14.6 Å². The highest BCUT2D eigenvalue weighted by atomic mass is 16.5. The lowest BCUT2D eigenvalue weighted by Gasteiger charge is -2.05. The summed E-state index contributed by atoms with van der Waals surface area (Å²) in [7, 11) is 0. The zero-order valence-electron chi connectivity index (χ0n) is 8.27. The molecule has 0 aliphatic carbocycles. The summed E-state index contributed by atoms with van der Waals surface area (Å²) >= 11 is 0. The maximum Gasteiger partial charge on any atom is 0.307 e. The second-order valence-corrected chi connectivity index (χ2v) is 2.96. The molecule has 0 fully saturated rings. The SMILES string of the molecule is CC(=O)OCc1ncccc1CC(=O)O. The number of carbonyl (C=O) groups excluding carboxylic acids is 1. The van der Waals surface area contributed by atoms with Crippen LogP contribution in [0.4, 0.5) is 0 Å². The topological polar surface area (TPSA) is 76.5 Å². The van der Waals surface area contributed by atoms with Crippen LogP contribution in [-0.4, -0.2) is 22.0 Å². The minimum absolute atomic E-state index is 0.0127. The Hall–Kier alpha value is -1.91. The van der Waals surface area contributed by atoms with Crippen molar-refractivity contribution in [3.05, 3.63) is 29.6 Å². The van der Waals surface area contributed by atoms with Gasteiger partial charge in [-0.25, -0.2) is 0 Å². The quantitative estimate of drug-likeness (QED) is 0.741. The van der Waals surface area contributed by atoms with Gasteiger partial charge in [0.1, 0.15) is 6.61 Å². The third-order valence-electron chi connectivity index (χ3n) is 1.74. The van der Waals surface area contributed by atoms with Crippen LogP contribution < -0.4 is 0 Å². The van der Waals surface area contributed by atoms with E-state index in [1.165, 1.54) is 13.1 Å². The van der Waals surface area contributed by atoms with Gasteiger partial charge in [-0.15, -0.1) is 0 Å². The largest absolute Gasteiger partial charge is 0.481 e. The summed E-state index contributed by atoms with van der Waals surface area (Å²) in [5.41, 5.74) is 1.04. The highest BCUT2D eigenvalue weighted by Gasteiger charge is 2.08. The molecule has 5 nitrogen and oxygen atoms in total. The van der Waals surface area contributed by atoms with Gasteiger partial charge in [0.25, 0.3) is 0 Å². The van der Waals surface area contributed by atoms with Crippen molar-refractivity contribution >= 4 is 11.9 Å². The minimum atomic E-state index is -0.938. The molecule has 1 aromatic rings. The number of carboxylic acid groups (broad SMARTS) is 1. The predicted octanol–water partition coefficient (Wildman–Crippen LogP) is 0.772. The lowest BCUT2D eigenvalue weighted by atomic mass is 10.1. The second-order valence-electron chi connectivity index (χ2n) is 2.96. The van der Waals surface area contributed by atoms with Crippen molar-refractivity contribution < 1.29 is 19.4 Å². The molecule has 0 bridgehead atoms. The van der Waals surface area contributed by atoms with Crippen LogP contribution in [0.25, 0.3) is 0 Å². The Kier molecular flexibility index (Phi) is 3.79. The Morgan fingerprint density at radius 1 is 1.53 bits per heavy atom. The van der Waals surface area contributed by atoms with E-state index in [2.05, 4.69) is 4.98 Å². The van der Waals surface area contributed by atoms with Gasteiger partial charge in [-0.2, -0.15) is 0 Å². The molecule has 1 heterocycles. The van der Waals surface area contributed by atoms with Crippen LogP contribution in [0.2, 0.25) is 0 Å². The molecule has 0 unspecified atom stereocenters. The van der Waals surface area contributed by atoms with E-state index in [1.54, 1.807) is 12.1 Å². The molecule has 0 saturated heterocycles. The van der Waals surface area contributed by atoms with E-state index >= 15 is 0 Å². The van der Waals surface area contributed by atoms with E-state index in [0.29, 0.717) is 11.3 Å². The van der Waals surface area contributed by atoms with E-state index in [4.69, 9.17) is 9.84 Å². The first-order valence-corrected chi connectivity index (χ1v) is 4.37. The van der Waals surface area contributed by atoms with Crippen molar-refractivity contribution in [2.24, 2.45) is 0 Å². The Morgan fingerprint density at radius 3 is 2.87 bits per heavy atom. The molecular formula is C10H11NO4. The Labute approximate surface area is 86.7 Å². The smallest absolute Gasteiger partial charge is 0.307 e. The molecule has 0 amide bonds. The van der Waals surface area contributed by atoms with Crippen LogP contribution in [0.3, 0.4) is 0 Å². The number of esters is 1. The Balaban J connectivity index is 2.76. The molecular weight excluding hydrogens is 198 g/mol. The number of nitrogens with zero attached hydrogens (tertiary/aromatic N) is 1. The van der Waals surface area contributed by atoms with Crippen molar-refractivity contribution in [2.45, 2.75) is 20.0 Å². The summed E-state index contributed by atoms with van der Waals surface area (Å²) in [5, 5.41) is 8.63. The number of hydrogen-bond donors (Lipinski definition) is 1. The summed E-state index contributed by atoms with van der Waals surface area (Å²) in [6, 6.07) is 3.30. The molecule has 0 aliphatic heterocycles. The molecule has 0 atom stereocenters. The van der Waals surface area contributed by atoms with Gasteiger partial charge < -0.3 is 9.84 Å². The van der Waals surface area contributed by atoms with Crippen LogP contribution in [0.5, 0.6) is 0 Å². The van der Waals surface area contributed by atoms with E-state index in [-0.39, 0.29) is 13.0 Å². The number of hydrogen-bond acceptors (Lipinski definition) is 4. The molecule has 1 N–H and O–H groups in total. The summed E-state index contributed by atoms with van der Waals surface area (Å²) in [5.74, 6) is -1.35. The number of aliphatic carboxylic acids is 1. The standard InChI is InChI=1S/C10H11NO4/c1-7(12)15-6-9-8(5-10(13)14)3-2-4-11-9/h2-4H,5-6H2,1H3,(H,13,14). The normalized spacial score (nSPS) is 9.67. The van der Waals surface area contributed by atoms with Gasteiger partial charge >= 0.3 is 11.9 Å². The zero-order valence-corrected chi connectivity index (χ0v) is 8.27. The second kappa shape index (κ2) is 5.09. The van der Waals surface area contributed by atoms with Gasteiger partial charge in [0.15, 0.2) is 0 Å². The molecule has 15 heavy (non-hydrogen) atoms. The third-order valence-corrected chi connectivity index (χ3v) is 1.74. The van der Waals surface area contributed by atoms with Crippen LogP contribution in [0, 0.1) is 0 Å². The lowest BCUT2D eigenvalue weighted by Crippen LogP contribution is -2.08. The van der Waals surface area contributed by atoms with E-state index in [1.807, 2.05) is 0 Å². The van der Waals surface area contributed by atoms with Gasteiger partial charge in [0.2, 0.25) is 0 Å². The molecule has 1 aromatic heterocycles. The van der Waals surface area contributed by atoms with Crippen molar-refractivity contribution in [3.63, 3.8) is 0 Å². The van der Waals surface area contributed by atoms with E-state index < -0.39 is 11.9 Å². The molecule has 0 aliphatic rings. The average Bonchev–Trinajstić information content (AvgIpc) is 2.15. The Bertz CT molecular complexity index is 375. The van der Waals surface area contributed by atoms with Crippen molar-refractivity contribution in [1.82, 2.24) is 4.98 Å². The first kappa shape index (κ1) is 11.2. The van der Waals surface area contributed by atoms with Crippen LogP contribution in [0.1, 0.15) is 18.2 Å². The fourth-order valence-corrected chi connectivity index (χ4v) is 1.10. The van der Waals surface area contributed by atoms with Crippen molar-refractivity contribution in [2.75, 3.05) is 0 Å². The maximum absolute atomic E-state index is 10.6. The number of rotatable bonds is 4. The summed E-state index contributed by atoms with van der Waals surface area (Å²) in [6.07, 6.45) is 1.41. The Morgan fingerprint density at radius 2 is 2.27 bits per heavy atom. The first-order chi connectivity index (χ1) is 7.09. The lowest BCUT2D eigenvalue weighted by molar-refractivity contribution is -0.142. The van der Waals surface area contributed by atoms with Crippen LogP contribution in [-0.2, 0) is 27.4 Å². The van der Waals surface area contributed by atoms with Gasteiger partial charge in [0.05, 0.1) is 12.1 Å². The predicted molar refractivity (Wildman–Crippen MR) is 51.0 cm³/mol. The molecule has 0 saturated carbocycles. The van der Waals surface area contributed by atoms with E-state index in [9.17, 15) is 9.59 Å². The molecule has 0 radical (unpaired) electrons. The maximum atomic E-state index is 10.6. The number of carboxylic acids is 1. The fourth-order valence-electron chi connectivity index (χ4n) is 1.10. The number of pyridine rings is 1. The summed E-state index contributed by atoms with van der Waals surface area (Å²) in [6.45, 7) is 1.30. The first-order valence-electron chi connectivity index (χ1n) is 4.37. The van der Waals surface area contributed by atoms with Gasteiger partial charge in [-0.05, 0) is 11.6 Å². The van der Waals surface area contributed by atoms with Crippen molar-refractivity contribution in [3.8, 4) is 0 Å². The van der Waals surface area contributed by atoms with Gasteiger partial charge in [-0.1, -0.05) is 6.07 Å². The summed E-state index contributed by atoms with van der Waals surface area (Å²) < 4.78 is 4.76. The molecule has 5 heteroatoms. The molecule has 0 aromatic carbocycles. The number of aromatic nitrogens is 1. The number of carbonyl (C=O) groups is 2. The third kappa shape index (κ3) is 3.76. The van der Waals surface area contributed by atoms with Crippen LogP contribution >= 0.6 is 0 Å². The minimum Gasteiger partial charge on any atom is -0.481 e. The number of ether oxygens (including phenoxy) is 1. The zero-order chi connectivity index (χ0) is 11.3. The highest BCUT2D eigenvalue weighted by molar-refractivity contribution is 5.70. The monoisotopic (exact) mass is 209 g/mol. The van der Waals surface area contributed by atoms with E-state index in [0.717, 1.165) is 0 Å². The molecule has 80 valence electrons. The van der Waals surface area contributed by atoms with Crippen molar-refractivity contribution in [1.29, 1.82) is 0 Å². The summed E-state index contributed by atoms with van der Waals surface area (Å²) in [4.78, 5) is 25.1. The average molecular weight is 209 g/mol. The fraction of sp³-hybridized carbons (Fsp3) is 0.300. The van der Waals surface area contributed by atoms with Crippen LogP contribution in [0.15, 0.2) is 18.3 Å². The molecule has 0 spiro atoms.